The van der Waals surface area contributed by atoms with E-state index in [9.17, 15) is 4.79 Å². The van der Waals surface area contributed by atoms with Crippen LogP contribution >= 0.6 is 0 Å². The lowest BCUT2D eigenvalue weighted by atomic mass is 10.1. The fourth-order valence-corrected chi connectivity index (χ4v) is 2.50. The molecule has 3 aromatic rings. The summed E-state index contributed by atoms with van der Waals surface area (Å²) in [5.74, 6) is 0.670. The van der Waals surface area contributed by atoms with E-state index in [4.69, 9.17) is 0 Å². The van der Waals surface area contributed by atoms with Crippen molar-refractivity contribution in [2.75, 3.05) is 10.6 Å². The van der Waals surface area contributed by atoms with E-state index in [1.54, 1.807) is 0 Å². The van der Waals surface area contributed by atoms with Crippen LogP contribution in [0.4, 0.5) is 11.9 Å². The molecule has 0 radical (unpaired) electrons. The summed E-state index contributed by atoms with van der Waals surface area (Å²) in [7, 11) is 0. The summed E-state index contributed by atoms with van der Waals surface area (Å²) in [6.45, 7) is 6.74. The lowest BCUT2D eigenvalue weighted by Gasteiger charge is -2.05. The Morgan fingerprint density at radius 2 is 1.38 bits per heavy atom. The fraction of sp³-hybridized carbons (Fsp3) is 0.250. The molecule has 0 fully saturated rings. The van der Waals surface area contributed by atoms with Gasteiger partial charge in [-0.3, -0.25) is 4.79 Å². The second-order valence-corrected chi connectivity index (χ2v) is 6.37. The Kier molecular flexibility index (Phi) is 5.31. The van der Waals surface area contributed by atoms with Crippen molar-refractivity contribution in [2.24, 2.45) is 0 Å². The summed E-state index contributed by atoms with van der Waals surface area (Å²) in [5.41, 5.74) is 4.67. The average Bonchev–Trinajstić information content (AvgIpc) is 3.04. The van der Waals surface area contributed by atoms with Crippen LogP contribution in [0, 0.1) is 13.8 Å². The second kappa shape index (κ2) is 7.82. The minimum atomic E-state index is -0.188. The van der Waals surface area contributed by atoms with Gasteiger partial charge in [-0.1, -0.05) is 59.7 Å². The molecular weight excluding hydrogens is 326 g/mol. The first-order valence-electron chi connectivity index (χ1n) is 8.58. The lowest BCUT2D eigenvalue weighted by Crippen LogP contribution is -2.13. The van der Waals surface area contributed by atoms with Crippen molar-refractivity contribution in [3.05, 3.63) is 70.8 Å². The van der Waals surface area contributed by atoms with E-state index >= 15 is 0 Å². The van der Waals surface area contributed by atoms with Crippen molar-refractivity contribution in [1.82, 2.24) is 14.8 Å². The summed E-state index contributed by atoms with van der Waals surface area (Å²) in [4.78, 5) is 16.2. The standard InChI is InChI=1S/C20H23N5O/c1-14-4-8-17(9-5-14)12-21-19-23-20(25(24-19)16(3)26)22-13-18-10-6-15(2)7-11-18/h4-11H,12-13H2,1-3H3,(H2,21,22,23,24). The van der Waals surface area contributed by atoms with Gasteiger partial charge in [-0.25, -0.2) is 0 Å². The van der Waals surface area contributed by atoms with Gasteiger partial charge in [-0.05, 0) is 25.0 Å². The molecular formula is C20H23N5O. The Morgan fingerprint density at radius 3 is 1.88 bits per heavy atom. The number of rotatable bonds is 6. The van der Waals surface area contributed by atoms with E-state index in [-0.39, 0.29) is 5.91 Å². The van der Waals surface area contributed by atoms with E-state index in [0.717, 1.165) is 11.1 Å². The second-order valence-electron chi connectivity index (χ2n) is 6.37. The zero-order chi connectivity index (χ0) is 18.5. The lowest BCUT2D eigenvalue weighted by molar-refractivity contribution is 0.0924. The van der Waals surface area contributed by atoms with Crippen LogP contribution in [0.1, 0.15) is 34.0 Å². The van der Waals surface area contributed by atoms with Crippen molar-refractivity contribution < 1.29 is 4.79 Å². The van der Waals surface area contributed by atoms with Gasteiger partial charge >= 0.3 is 0 Å². The molecule has 134 valence electrons. The Bertz CT molecular complexity index is 882. The number of nitrogens with zero attached hydrogens (tertiary/aromatic N) is 3. The predicted octanol–water partition coefficient (Wildman–Crippen LogP) is 3.78. The summed E-state index contributed by atoms with van der Waals surface area (Å²) in [6.07, 6.45) is 0. The Balaban J connectivity index is 1.68. The summed E-state index contributed by atoms with van der Waals surface area (Å²) < 4.78 is 1.28. The maximum Gasteiger partial charge on any atom is 0.247 e. The van der Waals surface area contributed by atoms with Crippen molar-refractivity contribution in [1.29, 1.82) is 0 Å². The largest absolute Gasteiger partial charge is 0.350 e. The first-order chi connectivity index (χ1) is 12.5. The number of aromatic nitrogens is 3. The molecule has 0 saturated heterocycles. The molecule has 0 unspecified atom stereocenters. The molecule has 3 rings (SSSR count). The maximum absolute atomic E-state index is 11.8. The summed E-state index contributed by atoms with van der Waals surface area (Å²) in [6, 6.07) is 16.4. The number of carbonyl (C=O) groups is 1. The number of hydrogen-bond donors (Lipinski definition) is 2. The Morgan fingerprint density at radius 1 is 0.885 bits per heavy atom. The molecule has 6 heteroatoms. The van der Waals surface area contributed by atoms with Crippen LogP contribution in [0.5, 0.6) is 0 Å². The first kappa shape index (κ1) is 17.7. The third-order valence-corrected chi connectivity index (χ3v) is 4.05. The first-order valence-corrected chi connectivity index (χ1v) is 8.58. The highest BCUT2D eigenvalue weighted by Gasteiger charge is 2.13. The normalized spacial score (nSPS) is 10.6. The van der Waals surface area contributed by atoms with Gasteiger partial charge in [0.1, 0.15) is 0 Å². The van der Waals surface area contributed by atoms with Gasteiger partial charge in [-0.2, -0.15) is 9.67 Å². The topological polar surface area (TPSA) is 71.8 Å². The van der Waals surface area contributed by atoms with Gasteiger partial charge in [0.2, 0.25) is 17.8 Å². The van der Waals surface area contributed by atoms with Crippen LogP contribution in [0.15, 0.2) is 48.5 Å². The average molecular weight is 349 g/mol. The summed E-state index contributed by atoms with van der Waals surface area (Å²) >= 11 is 0. The van der Waals surface area contributed by atoms with Crippen LogP contribution in [-0.2, 0) is 13.1 Å². The van der Waals surface area contributed by atoms with Crippen molar-refractivity contribution in [2.45, 2.75) is 33.9 Å². The van der Waals surface area contributed by atoms with Gasteiger partial charge in [0.05, 0.1) is 0 Å². The smallest absolute Gasteiger partial charge is 0.247 e. The molecule has 0 aliphatic rings. The zero-order valence-corrected chi connectivity index (χ0v) is 15.3. The van der Waals surface area contributed by atoms with Crippen molar-refractivity contribution in [3.8, 4) is 0 Å². The monoisotopic (exact) mass is 349 g/mol. The number of carbonyl (C=O) groups excluding carboxylic acids is 1. The van der Waals surface area contributed by atoms with Gasteiger partial charge in [0.15, 0.2) is 0 Å². The number of nitrogens with one attached hydrogen (secondary N) is 2. The predicted molar refractivity (Wildman–Crippen MR) is 103 cm³/mol. The van der Waals surface area contributed by atoms with Crippen LogP contribution < -0.4 is 10.6 Å². The van der Waals surface area contributed by atoms with E-state index in [0.29, 0.717) is 25.0 Å². The molecule has 2 N–H and O–H groups in total. The van der Waals surface area contributed by atoms with E-state index in [1.807, 2.05) is 12.1 Å². The molecule has 0 atom stereocenters. The molecule has 0 aliphatic carbocycles. The van der Waals surface area contributed by atoms with Crippen molar-refractivity contribution in [3.63, 3.8) is 0 Å². The van der Waals surface area contributed by atoms with Gasteiger partial charge in [-0.15, -0.1) is 5.10 Å². The minimum Gasteiger partial charge on any atom is -0.350 e. The molecule has 0 bridgehead atoms. The van der Waals surface area contributed by atoms with Crippen LogP contribution in [0.3, 0.4) is 0 Å². The highest BCUT2D eigenvalue weighted by atomic mass is 16.2. The molecule has 0 aliphatic heterocycles. The number of hydrogen-bond acceptors (Lipinski definition) is 5. The SMILES string of the molecule is CC(=O)n1nc(NCc2ccc(C)cc2)nc1NCc1ccc(C)cc1. The van der Waals surface area contributed by atoms with Crippen LogP contribution in [-0.4, -0.2) is 20.7 Å². The minimum absolute atomic E-state index is 0.188. The van der Waals surface area contributed by atoms with Crippen LogP contribution in [0.25, 0.3) is 0 Å². The highest BCUT2D eigenvalue weighted by molar-refractivity contribution is 5.78. The molecule has 1 aromatic heterocycles. The molecule has 0 saturated carbocycles. The number of benzene rings is 2. The summed E-state index contributed by atoms with van der Waals surface area (Å²) in [5, 5.41) is 10.6. The third kappa shape index (κ3) is 4.47. The molecule has 26 heavy (non-hydrogen) atoms. The van der Waals surface area contributed by atoms with E-state index < -0.39 is 0 Å². The number of aryl methyl sites for hydroxylation is 2. The van der Waals surface area contributed by atoms with E-state index in [2.05, 4.69) is 71.0 Å². The van der Waals surface area contributed by atoms with Gasteiger partial charge in [0.25, 0.3) is 0 Å². The maximum atomic E-state index is 11.8. The zero-order valence-electron chi connectivity index (χ0n) is 15.3. The van der Waals surface area contributed by atoms with Gasteiger partial charge in [0, 0.05) is 20.0 Å². The highest BCUT2D eigenvalue weighted by Crippen LogP contribution is 2.13. The molecule has 1 heterocycles. The molecule has 6 nitrogen and oxygen atoms in total. The van der Waals surface area contributed by atoms with Crippen molar-refractivity contribution >= 4 is 17.8 Å². The molecule has 0 amide bonds. The fourth-order valence-electron chi connectivity index (χ4n) is 2.50. The quantitative estimate of drug-likeness (QED) is 0.709. The van der Waals surface area contributed by atoms with E-state index in [1.165, 1.54) is 22.7 Å². The Labute approximate surface area is 153 Å². The van der Waals surface area contributed by atoms with Crippen LogP contribution in [0.2, 0.25) is 0 Å². The third-order valence-electron chi connectivity index (χ3n) is 4.05. The Hall–Kier alpha value is -3.15. The molecule has 2 aromatic carbocycles. The van der Waals surface area contributed by atoms with Gasteiger partial charge < -0.3 is 10.6 Å². The number of anilines is 2. The molecule has 0 spiro atoms.